The molecular weight excluding hydrogens is 326 g/mol. The highest BCUT2D eigenvalue weighted by Crippen LogP contribution is 2.28. The summed E-state index contributed by atoms with van der Waals surface area (Å²) in [5.74, 6) is 2.34. The van der Waals surface area contributed by atoms with Crippen molar-refractivity contribution in [3.05, 3.63) is 47.1 Å². The van der Waals surface area contributed by atoms with Crippen LogP contribution in [0.25, 0.3) is 0 Å². The lowest BCUT2D eigenvalue weighted by Gasteiger charge is -2.33. The number of likely N-dealkylation sites (tertiary alicyclic amines) is 1. The number of rotatable bonds is 6. The smallest absolute Gasteiger partial charge is 0.243 e. The summed E-state index contributed by atoms with van der Waals surface area (Å²) in [4.78, 5) is 19.5. The molecule has 0 amide bonds. The Bertz CT molecular complexity index is 728. The van der Waals surface area contributed by atoms with E-state index in [1.807, 2.05) is 19.1 Å². The molecule has 0 radical (unpaired) electrons. The van der Waals surface area contributed by atoms with Crippen LogP contribution in [0.3, 0.4) is 0 Å². The molecule has 1 aliphatic rings. The lowest BCUT2D eigenvalue weighted by molar-refractivity contribution is 0.0774. The Morgan fingerprint density at radius 1 is 1.19 bits per heavy atom. The van der Waals surface area contributed by atoms with Gasteiger partial charge in [-0.1, -0.05) is 43.3 Å². The summed E-state index contributed by atoms with van der Waals surface area (Å²) < 4.78 is 5.29. The van der Waals surface area contributed by atoms with Gasteiger partial charge in [0, 0.05) is 11.5 Å². The fourth-order valence-corrected chi connectivity index (χ4v) is 3.70. The second-order valence-corrected chi connectivity index (χ2v) is 7.83. The number of carbonyl (C=O) groups is 1. The molecule has 1 atom stereocenters. The zero-order valence-corrected chi connectivity index (χ0v) is 16.2. The van der Waals surface area contributed by atoms with Crippen molar-refractivity contribution >= 4 is 5.78 Å². The molecule has 3 rings (SSSR count). The minimum absolute atomic E-state index is 0.0996. The van der Waals surface area contributed by atoms with Gasteiger partial charge in [-0.05, 0) is 57.7 Å². The molecule has 1 aromatic heterocycles. The first-order valence-corrected chi connectivity index (χ1v) is 9.61. The van der Waals surface area contributed by atoms with Crippen LogP contribution in [0.1, 0.15) is 67.3 Å². The lowest BCUT2D eigenvalue weighted by atomic mass is 9.88. The number of piperidine rings is 1. The van der Waals surface area contributed by atoms with Crippen molar-refractivity contribution in [1.29, 1.82) is 0 Å². The Morgan fingerprint density at radius 3 is 2.38 bits per heavy atom. The van der Waals surface area contributed by atoms with Crippen LogP contribution >= 0.6 is 0 Å². The minimum Gasteiger partial charge on any atom is -0.338 e. The van der Waals surface area contributed by atoms with Gasteiger partial charge in [0.05, 0.1) is 6.04 Å². The Balaban J connectivity index is 1.56. The van der Waals surface area contributed by atoms with Gasteiger partial charge in [-0.15, -0.1) is 0 Å². The van der Waals surface area contributed by atoms with Gasteiger partial charge in [0.15, 0.2) is 11.6 Å². The van der Waals surface area contributed by atoms with E-state index in [1.54, 1.807) is 0 Å². The van der Waals surface area contributed by atoms with E-state index in [0.717, 1.165) is 37.9 Å². The maximum absolute atomic E-state index is 12.8. The SMILES string of the molecule is Cc1noc(C(C)N2CCC(C(=O)c3ccc(CC(C)C)cc3)CC2)n1. The van der Waals surface area contributed by atoms with Gasteiger partial charge < -0.3 is 4.52 Å². The molecular formula is C21H29N3O2. The monoisotopic (exact) mass is 355 g/mol. The molecule has 0 saturated carbocycles. The van der Waals surface area contributed by atoms with Gasteiger partial charge >= 0.3 is 0 Å². The molecule has 5 nitrogen and oxygen atoms in total. The van der Waals surface area contributed by atoms with Gasteiger partial charge in [-0.3, -0.25) is 9.69 Å². The topological polar surface area (TPSA) is 59.2 Å². The molecule has 140 valence electrons. The first kappa shape index (κ1) is 18.8. The molecule has 5 heteroatoms. The molecule has 1 aliphatic heterocycles. The summed E-state index contributed by atoms with van der Waals surface area (Å²) in [5, 5.41) is 3.87. The maximum atomic E-state index is 12.8. The molecule has 1 fully saturated rings. The summed E-state index contributed by atoms with van der Waals surface area (Å²) in [6.07, 6.45) is 2.81. The second kappa shape index (κ2) is 8.12. The number of carbonyl (C=O) groups excluding carboxylic acids is 1. The van der Waals surface area contributed by atoms with Crippen molar-refractivity contribution in [2.45, 2.75) is 53.0 Å². The number of benzene rings is 1. The predicted molar refractivity (Wildman–Crippen MR) is 101 cm³/mol. The molecule has 1 unspecified atom stereocenters. The van der Waals surface area contributed by atoms with Crippen LogP contribution in [-0.2, 0) is 6.42 Å². The van der Waals surface area contributed by atoms with E-state index in [-0.39, 0.29) is 17.7 Å². The zero-order valence-electron chi connectivity index (χ0n) is 16.2. The van der Waals surface area contributed by atoms with Gasteiger partial charge in [-0.25, -0.2) is 0 Å². The molecule has 26 heavy (non-hydrogen) atoms. The van der Waals surface area contributed by atoms with Crippen LogP contribution in [0, 0.1) is 18.8 Å². The summed E-state index contributed by atoms with van der Waals surface area (Å²) in [7, 11) is 0. The number of aromatic nitrogens is 2. The highest BCUT2D eigenvalue weighted by atomic mass is 16.5. The quantitative estimate of drug-likeness (QED) is 0.726. The van der Waals surface area contributed by atoms with Crippen molar-refractivity contribution < 1.29 is 9.32 Å². The molecule has 1 aromatic carbocycles. The zero-order chi connectivity index (χ0) is 18.7. The highest BCUT2D eigenvalue weighted by molar-refractivity contribution is 5.97. The van der Waals surface area contributed by atoms with Crippen molar-refractivity contribution in [3.8, 4) is 0 Å². The molecule has 1 saturated heterocycles. The standard InChI is InChI=1S/C21H29N3O2/c1-14(2)13-17-5-7-18(8-6-17)20(25)19-9-11-24(12-10-19)15(3)21-22-16(4)23-26-21/h5-8,14-15,19H,9-13H2,1-4H3. The van der Waals surface area contributed by atoms with E-state index in [1.165, 1.54) is 5.56 Å². The number of hydrogen-bond donors (Lipinski definition) is 0. The van der Waals surface area contributed by atoms with Crippen LogP contribution in [0.15, 0.2) is 28.8 Å². The van der Waals surface area contributed by atoms with Crippen molar-refractivity contribution in [2.24, 2.45) is 11.8 Å². The Morgan fingerprint density at radius 2 is 1.85 bits per heavy atom. The maximum Gasteiger partial charge on any atom is 0.243 e. The van der Waals surface area contributed by atoms with Crippen LogP contribution in [-0.4, -0.2) is 33.9 Å². The number of Topliss-reactive ketones (excluding diaryl/α,β-unsaturated/α-hetero) is 1. The fourth-order valence-electron chi connectivity index (χ4n) is 3.70. The van der Waals surface area contributed by atoms with Crippen molar-refractivity contribution in [2.75, 3.05) is 13.1 Å². The summed E-state index contributed by atoms with van der Waals surface area (Å²) in [5.41, 5.74) is 2.14. The van der Waals surface area contributed by atoms with Crippen molar-refractivity contribution in [3.63, 3.8) is 0 Å². The van der Waals surface area contributed by atoms with E-state index < -0.39 is 0 Å². The Hall–Kier alpha value is -2.01. The third-order valence-corrected chi connectivity index (χ3v) is 5.23. The largest absolute Gasteiger partial charge is 0.338 e. The van der Waals surface area contributed by atoms with Gasteiger partial charge in [0.1, 0.15) is 0 Å². The second-order valence-electron chi connectivity index (χ2n) is 7.83. The molecule has 2 aromatic rings. The van der Waals surface area contributed by atoms with Crippen LogP contribution in [0.5, 0.6) is 0 Å². The first-order chi connectivity index (χ1) is 12.4. The van der Waals surface area contributed by atoms with E-state index in [4.69, 9.17) is 4.52 Å². The average Bonchev–Trinajstić information content (AvgIpc) is 3.07. The third-order valence-electron chi connectivity index (χ3n) is 5.23. The van der Waals surface area contributed by atoms with Crippen LogP contribution < -0.4 is 0 Å². The van der Waals surface area contributed by atoms with Gasteiger partial charge in [-0.2, -0.15) is 4.98 Å². The van der Waals surface area contributed by atoms with E-state index >= 15 is 0 Å². The Labute approximate surface area is 155 Å². The van der Waals surface area contributed by atoms with E-state index in [9.17, 15) is 4.79 Å². The predicted octanol–water partition coefficient (Wildman–Crippen LogP) is 4.23. The molecule has 0 N–H and O–H groups in total. The number of ketones is 1. The number of aryl methyl sites for hydroxylation is 1. The number of hydrogen-bond acceptors (Lipinski definition) is 5. The summed E-state index contributed by atoms with van der Waals surface area (Å²) in [6, 6.07) is 8.29. The molecule has 0 aliphatic carbocycles. The van der Waals surface area contributed by atoms with Crippen LogP contribution in [0.2, 0.25) is 0 Å². The normalized spacial score (nSPS) is 17.6. The summed E-state index contributed by atoms with van der Waals surface area (Å²) >= 11 is 0. The van der Waals surface area contributed by atoms with Crippen molar-refractivity contribution in [1.82, 2.24) is 15.0 Å². The molecule has 0 spiro atoms. The van der Waals surface area contributed by atoms with Crippen LogP contribution in [0.4, 0.5) is 0 Å². The minimum atomic E-state index is 0.0996. The Kier molecular flexibility index (Phi) is 5.87. The average molecular weight is 355 g/mol. The highest BCUT2D eigenvalue weighted by Gasteiger charge is 2.30. The molecule has 2 heterocycles. The van der Waals surface area contributed by atoms with Gasteiger partial charge in [0.2, 0.25) is 5.89 Å². The van der Waals surface area contributed by atoms with E-state index in [2.05, 4.69) is 47.9 Å². The first-order valence-electron chi connectivity index (χ1n) is 9.61. The number of nitrogens with zero attached hydrogens (tertiary/aromatic N) is 3. The fraction of sp³-hybridized carbons (Fsp3) is 0.571. The van der Waals surface area contributed by atoms with E-state index in [0.29, 0.717) is 17.6 Å². The third kappa shape index (κ3) is 4.39. The molecule has 0 bridgehead atoms. The summed E-state index contributed by atoms with van der Waals surface area (Å²) in [6.45, 7) is 10.1. The lowest BCUT2D eigenvalue weighted by Crippen LogP contribution is -2.38. The van der Waals surface area contributed by atoms with Gasteiger partial charge in [0.25, 0.3) is 0 Å².